The standard InChI is InChI=1S/C27H34Cl2N4O4/c1-4-11-33-22(16-31-12-13-32(17(3)15-31)25(34)18-7-6-8-18)23(26(35)37-5-2)24(30-27(33)36)20-10-9-19(28)14-21(20)29/h4,9-10,14,17-18,24H,1,5-8,11-13,15-16H2,2-3H3,(H,30,36). The number of amides is 3. The van der Waals surface area contributed by atoms with Gasteiger partial charge in [-0.25, -0.2) is 9.59 Å². The zero-order valence-electron chi connectivity index (χ0n) is 21.3. The highest BCUT2D eigenvalue weighted by molar-refractivity contribution is 6.35. The van der Waals surface area contributed by atoms with Crippen LogP contribution in [0.4, 0.5) is 4.79 Å². The van der Waals surface area contributed by atoms with E-state index in [1.807, 2.05) is 4.90 Å². The number of halogens is 2. The third kappa shape index (κ3) is 5.81. The molecule has 1 aliphatic carbocycles. The number of urea groups is 1. The summed E-state index contributed by atoms with van der Waals surface area (Å²) in [6.07, 6.45) is 4.69. The highest BCUT2D eigenvalue weighted by Gasteiger charge is 2.40. The average molecular weight is 549 g/mol. The minimum Gasteiger partial charge on any atom is -0.463 e. The summed E-state index contributed by atoms with van der Waals surface area (Å²) < 4.78 is 5.45. The van der Waals surface area contributed by atoms with Crippen molar-refractivity contribution in [2.75, 3.05) is 39.3 Å². The zero-order valence-corrected chi connectivity index (χ0v) is 22.9. The van der Waals surface area contributed by atoms with E-state index in [1.165, 1.54) is 4.90 Å². The van der Waals surface area contributed by atoms with E-state index in [0.717, 1.165) is 19.3 Å². The first kappa shape index (κ1) is 27.5. The number of hydrogen-bond acceptors (Lipinski definition) is 5. The van der Waals surface area contributed by atoms with E-state index in [1.54, 1.807) is 31.2 Å². The Hall–Kier alpha value is -2.55. The normalized spacial score (nSPS) is 23.0. The Balaban J connectivity index is 1.68. The second-order valence-corrected chi connectivity index (χ2v) is 10.6. The predicted molar refractivity (Wildman–Crippen MR) is 143 cm³/mol. The number of nitrogens with zero attached hydrogens (tertiary/aromatic N) is 3. The van der Waals surface area contributed by atoms with E-state index in [-0.39, 0.29) is 37.0 Å². The maximum Gasteiger partial charge on any atom is 0.338 e. The molecule has 200 valence electrons. The van der Waals surface area contributed by atoms with Crippen LogP contribution in [0.1, 0.15) is 44.7 Å². The van der Waals surface area contributed by atoms with Crippen LogP contribution >= 0.6 is 23.2 Å². The Morgan fingerprint density at radius 3 is 2.59 bits per heavy atom. The van der Waals surface area contributed by atoms with Gasteiger partial charge in [0.15, 0.2) is 0 Å². The van der Waals surface area contributed by atoms with Gasteiger partial charge >= 0.3 is 12.0 Å². The molecule has 1 aromatic carbocycles. The molecule has 2 heterocycles. The van der Waals surface area contributed by atoms with E-state index in [9.17, 15) is 14.4 Å². The predicted octanol–water partition coefficient (Wildman–Crippen LogP) is 4.40. The van der Waals surface area contributed by atoms with E-state index < -0.39 is 12.0 Å². The lowest BCUT2D eigenvalue weighted by atomic mass is 9.84. The van der Waals surface area contributed by atoms with E-state index in [4.69, 9.17) is 27.9 Å². The van der Waals surface area contributed by atoms with Crippen molar-refractivity contribution in [3.05, 3.63) is 57.7 Å². The molecule has 1 aromatic rings. The molecule has 3 aliphatic rings. The lowest BCUT2D eigenvalue weighted by molar-refractivity contribution is -0.142. The fourth-order valence-corrected chi connectivity index (χ4v) is 5.74. The van der Waals surface area contributed by atoms with Crippen molar-refractivity contribution >= 4 is 41.1 Å². The van der Waals surface area contributed by atoms with Crippen LogP contribution in [0.15, 0.2) is 42.1 Å². The van der Waals surface area contributed by atoms with Gasteiger partial charge in [-0.3, -0.25) is 14.6 Å². The van der Waals surface area contributed by atoms with Crippen LogP contribution in [-0.4, -0.2) is 78.0 Å². The molecule has 0 aromatic heterocycles. The molecule has 2 unspecified atom stereocenters. The third-order valence-electron chi connectivity index (χ3n) is 7.34. The van der Waals surface area contributed by atoms with Crippen LogP contribution in [0.25, 0.3) is 0 Å². The van der Waals surface area contributed by atoms with Crippen molar-refractivity contribution in [1.82, 2.24) is 20.0 Å². The minimum atomic E-state index is -0.800. The van der Waals surface area contributed by atoms with Crippen LogP contribution in [0.5, 0.6) is 0 Å². The lowest BCUT2D eigenvalue weighted by Crippen LogP contribution is -2.57. The van der Waals surface area contributed by atoms with Gasteiger partial charge in [0.05, 0.1) is 18.2 Å². The molecule has 10 heteroatoms. The number of esters is 1. The Morgan fingerprint density at radius 2 is 2.00 bits per heavy atom. The van der Waals surface area contributed by atoms with E-state index in [2.05, 4.69) is 23.7 Å². The van der Waals surface area contributed by atoms with Crippen molar-refractivity contribution in [3.8, 4) is 0 Å². The molecule has 2 aliphatic heterocycles. The highest BCUT2D eigenvalue weighted by Crippen LogP contribution is 2.37. The molecule has 1 N–H and O–H groups in total. The van der Waals surface area contributed by atoms with Gasteiger partial charge in [0, 0.05) is 60.4 Å². The molecular weight excluding hydrogens is 515 g/mol. The monoisotopic (exact) mass is 548 g/mol. The van der Waals surface area contributed by atoms with Gasteiger partial charge < -0.3 is 15.0 Å². The number of carbonyl (C=O) groups is 3. The smallest absolute Gasteiger partial charge is 0.338 e. The van der Waals surface area contributed by atoms with Crippen molar-refractivity contribution in [2.45, 2.75) is 45.2 Å². The maximum absolute atomic E-state index is 13.4. The Bertz CT molecular complexity index is 1100. The molecule has 8 nitrogen and oxygen atoms in total. The number of rotatable bonds is 8. The number of carbonyl (C=O) groups excluding carboxylic acids is 3. The summed E-state index contributed by atoms with van der Waals surface area (Å²) in [5, 5.41) is 3.72. The van der Waals surface area contributed by atoms with Crippen molar-refractivity contribution in [2.24, 2.45) is 5.92 Å². The fourth-order valence-electron chi connectivity index (χ4n) is 5.22. The van der Waals surface area contributed by atoms with E-state index >= 15 is 0 Å². The minimum absolute atomic E-state index is 0.0280. The molecule has 0 radical (unpaired) electrons. The summed E-state index contributed by atoms with van der Waals surface area (Å²) in [6, 6.07) is 3.84. The maximum atomic E-state index is 13.4. The second-order valence-electron chi connectivity index (χ2n) is 9.77. The molecule has 37 heavy (non-hydrogen) atoms. The lowest BCUT2D eigenvalue weighted by Gasteiger charge is -2.44. The summed E-state index contributed by atoms with van der Waals surface area (Å²) in [5.41, 5.74) is 1.43. The van der Waals surface area contributed by atoms with Gasteiger partial charge in [-0.15, -0.1) is 6.58 Å². The third-order valence-corrected chi connectivity index (χ3v) is 7.90. The first-order chi connectivity index (χ1) is 17.7. The van der Waals surface area contributed by atoms with Crippen LogP contribution in [-0.2, 0) is 14.3 Å². The summed E-state index contributed by atoms with van der Waals surface area (Å²) in [6.45, 7) is 10.2. The topological polar surface area (TPSA) is 82.2 Å². The molecule has 0 spiro atoms. The highest BCUT2D eigenvalue weighted by atomic mass is 35.5. The molecule has 4 rings (SSSR count). The zero-order chi connectivity index (χ0) is 26.7. The van der Waals surface area contributed by atoms with Crippen LogP contribution in [0.3, 0.4) is 0 Å². The molecule has 0 bridgehead atoms. The van der Waals surface area contributed by atoms with Crippen molar-refractivity contribution in [3.63, 3.8) is 0 Å². The van der Waals surface area contributed by atoms with Gasteiger partial charge in [0.1, 0.15) is 0 Å². The van der Waals surface area contributed by atoms with Crippen LogP contribution in [0, 0.1) is 5.92 Å². The van der Waals surface area contributed by atoms with Gasteiger partial charge in [-0.1, -0.05) is 41.8 Å². The summed E-state index contributed by atoms with van der Waals surface area (Å²) in [5.74, 6) is -0.121. The van der Waals surface area contributed by atoms with Gasteiger partial charge in [0.25, 0.3) is 0 Å². The van der Waals surface area contributed by atoms with Crippen molar-refractivity contribution < 1.29 is 19.1 Å². The number of benzene rings is 1. The Labute approximate surface area is 228 Å². The average Bonchev–Trinajstić information content (AvgIpc) is 2.80. The van der Waals surface area contributed by atoms with Gasteiger partial charge in [0.2, 0.25) is 5.91 Å². The number of piperazine rings is 1. The summed E-state index contributed by atoms with van der Waals surface area (Å²) in [4.78, 5) is 45.2. The summed E-state index contributed by atoms with van der Waals surface area (Å²) in [7, 11) is 0. The Morgan fingerprint density at radius 1 is 1.24 bits per heavy atom. The second kappa shape index (κ2) is 11.9. The molecule has 1 saturated heterocycles. The summed E-state index contributed by atoms with van der Waals surface area (Å²) >= 11 is 12.6. The molecule has 1 saturated carbocycles. The number of ether oxygens (including phenoxy) is 1. The largest absolute Gasteiger partial charge is 0.463 e. The number of hydrogen-bond donors (Lipinski definition) is 1. The van der Waals surface area contributed by atoms with Crippen LogP contribution in [0.2, 0.25) is 10.0 Å². The first-order valence-corrected chi connectivity index (χ1v) is 13.6. The molecule has 3 amide bonds. The first-order valence-electron chi connectivity index (χ1n) is 12.8. The van der Waals surface area contributed by atoms with Crippen molar-refractivity contribution in [1.29, 1.82) is 0 Å². The van der Waals surface area contributed by atoms with Crippen LogP contribution < -0.4 is 5.32 Å². The van der Waals surface area contributed by atoms with E-state index in [0.29, 0.717) is 53.1 Å². The van der Waals surface area contributed by atoms with Gasteiger partial charge in [-0.05, 0) is 44.4 Å². The SMILES string of the molecule is C=CCN1C(=O)NC(c2ccc(Cl)cc2Cl)C(C(=O)OCC)=C1CN1CCN(C(=O)C2CCC2)C(C)C1. The fraction of sp³-hybridized carbons (Fsp3) is 0.519. The Kier molecular flexibility index (Phi) is 8.82. The number of nitrogens with one attached hydrogen (secondary N) is 1. The molecule has 2 fully saturated rings. The quantitative estimate of drug-likeness (QED) is 0.384. The van der Waals surface area contributed by atoms with Gasteiger partial charge in [-0.2, -0.15) is 0 Å². The molecule has 2 atom stereocenters. The molecular formula is C27H34Cl2N4O4.